The summed E-state index contributed by atoms with van der Waals surface area (Å²) in [5.41, 5.74) is 6.23. The summed E-state index contributed by atoms with van der Waals surface area (Å²) >= 11 is 0. The Bertz CT molecular complexity index is 339. The van der Waals surface area contributed by atoms with Gasteiger partial charge in [-0.1, -0.05) is 12.1 Å². The van der Waals surface area contributed by atoms with Gasteiger partial charge < -0.3 is 10.5 Å². The van der Waals surface area contributed by atoms with Crippen molar-refractivity contribution in [3.05, 3.63) is 29.6 Å². The molecule has 0 atom stereocenters. The third-order valence-electron chi connectivity index (χ3n) is 1.97. The number of carbonyl (C=O) groups excluding carboxylic acids is 1. The molecule has 3 nitrogen and oxygen atoms in total. The summed E-state index contributed by atoms with van der Waals surface area (Å²) in [6.07, 6.45) is 0.612. The average Bonchev–Trinajstić information content (AvgIpc) is 2.20. The van der Waals surface area contributed by atoms with Crippen LogP contribution < -0.4 is 5.73 Å². The maximum absolute atomic E-state index is 12.9. The molecule has 0 saturated carbocycles. The molecule has 1 rings (SSSR count). The Morgan fingerprint density at radius 1 is 1.57 bits per heavy atom. The largest absolute Gasteiger partial charge is 0.469 e. The van der Waals surface area contributed by atoms with Gasteiger partial charge in [0.15, 0.2) is 0 Å². The number of rotatable bonds is 3. The number of carbonyl (C=O) groups is 1. The number of methoxy groups -OCH3 is 1. The normalized spacial score (nSPS) is 9.86. The second-order valence-corrected chi connectivity index (χ2v) is 2.89. The second kappa shape index (κ2) is 4.60. The lowest BCUT2D eigenvalue weighted by Crippen LogP contribution is -2.04. The first kappa shape index (κ1) is 10.5. The number of para-hydroxylation sites is 1. The van der Waals surface area contributed by atoms with Gasteiger partial charge in [-0.3, -0.25) is 4.79 Å². The maximum Gasteiger partial charge on any atom is 0.305 e. The molecule has 0 bridgehead atoms. The molecule has 1 aromatic carbocycles. The molecule has 2 N–H and O–H groups in total. The number of anilines is 1. The number of nitrogen functional groups attached to an aromatic ring is 1. The van der Waals surface area contributed by atoms with Crippen molar-refractivity contribution in [2.75, 3.05) is 12.8 Å². The van der Waals surface area contributed by atoms with Crippen LogP contribution in [0.3, 0.4) is 0 Å². The molecule has 76 valence electrons. The lowest BCUT2D eigenvalue weighted by atomic mass is 10.1. The molecule has 0 aliphatic rings. The summed E-state index contributed by atoms with van der Waals surface area (Å²) < 4.78 is 17.4. The highest BCUT2D eigenvalue weighted by atomic mass is 19.1. The number of aryl methyl sites for hydroxylation is 1. The minimum Gasteiger partial charge on any atom is -0.469 e. The zero-order valence-corrected chi connectivity index (χ0v) is 7.92. The van der Waals surface area contributed by atoms with Crippen LogP contribution in [0.1, 0.15) is 12.0 Å². The van der Waals surface area contributed by atoms with E-state index < -0.39 is 5.82 Å². The van der Waals surface area contributed by atoms with Crippen LogP contribution >= 0.6 is 0 Å². The lowest BCUT2D eigenvalue weighted by molar-refractivity contribution is -0.140. The number of benzene rings is 1. The topological polar surface area (TPSA) is 52.3 Å². The second-order valence-electron chi connectivity index (χ2n) is 2.89. The molecule has 0 saturated heterocycles. The van der Waals surface area contributed by atoms with Crippen molar-refractivity contribution in [3.63, 3.8) is 0 Å². The average molecular weight is 197 g/mol. The highest BCUT2D eigenvalue weighted by Crippen LogP contribution is 2.17. The van der Waals surface area contributed by atoms with Crippen molar-refractivity contribution in [3.8, 4) is 0 Å². The molecule has 0 spiro atoms. The fourth-order valence-corrected chi connectivity index (χ4v) is 1.14. The molecule has 0 amide bonds. The summed E-state index contributed by atoms with van der Waals surface area (Å²) in [4.78, 5) is 10.8. The monoisotopic (exact) mass is 197 g/mol. The van der Waals surface area contributed by atoms with E-state index in [-0.39, 0.29) is 18.1 Å². The van der Waals surface area contributed by atoms with Gasteiger partial charge in [0.2, 0.25) is 0 Å². The van der Waals surface area contributed by atoms with E-state index in [0.29, 0.717) is 12.0 Å². The van der Waals surface area contributed by atoms with E-state index in [2.05, 4.69) is 4.74 Å². The zero-order valence-electron chi connectivity index (χ0n) is 7.92. The molecule has 0 unspecified atom stereocenters. The summed E-state index contributed by atoms with van der Waals surface area (Å²) in [5, 5.41) is 0. The summed E-state index contributed by atoms with van der Waals surface area (Å²) in [5.74, 6) is -0.777. The van der Waals surface area contributed by atoms with Gasteiger partial charge in [-0.25, -0.2) is 4.39 Å². The molecule has 0 radical (unpaired) electrons. The van der Waals surface area contributed by atoms with E-state index in [4.69, 9.17) is 5.73 Å². The van der Waals surface area contributed by atoms with Gasteiger partial charge in [-0.05, 0) is 18.1 Å². The third-order valence-corrected chi connectivity index (χ3v) is 1.97. The van der Waals surface area contributed by atoms with Gasteiger partial charge in [0, 0.05) is 6.42 Å². The Hall–Kier alpha value is -1.58. The third kappa shape index (κ3) is 2.45. The smallest absolute Gasteiger partial charge is 0.305 e. The number of ether oxygens (including phenoxy) is 1. The van der Waals surface area contributed by atoms with Crippen LogP contribution in [0.5, 0.6) is 0 Å². The number of nitrogens with two attached hydrogens (primary N) is 1. The van der Waals surface area contributed by atoms with Gasteiger partial charge in [0.25, 0.3) is 0 Å². The predicted molar refractivity (Wildman–Crippen MR) is 51.1 cm³/mol. The van der Waals surface area contributed by atoms with E-state index in [1.54, 1.807) is 12.1 Å². The molecule has 0 aliphatic heterocycles. The number of halogens is 1. The first-order chi connectivity index (χ1) is 6.65. The van der Waals surface area contributed by atoms with Crippen LogP contribution in [0.25, 0.3) is 0 Å². The van der Waals surface area contributed by atoms with Crippen LogP contribution in [-0.4, -0.2) is 13.1 Å². The van der Waals surface area contributed by atoms with Crippen molar-refractivity contribution in [1.29, 1.82) is 0 Å². The molecule has 0 fully saturated rings. The summed E-state index contributed by atoms with van der Waals surface area (Å²) in [6, 6.07) is 4.55. The van der Waals surface area contributed by atoms with Crippen molar-refractivity contribution in [2.24, 2.45) is 0 Å². The Morgan fingerprint density at radius 2 is 2.29 bits per heavy atom. The van der Waals surface area contributed by atoms with E-state index in [9.17, 15) is 9.18 Å². The van der Waals surface area contributed by atoms with E-state index in [1.807, 2.05) is 0 Å². The minimum atomic E-state index is -0.452. The molecule has 4 heteroatoms. The summed E-state index contributed by atoms with van der Waals surface area (Å²) in [6.45, 7) is 0. The van der Waals surface area contributed by atoms with Crippen LogP contribution in [-0.2, 0) is 16.0 Å². The van der Waals surface area contributed by atoms with Crippen molar-refractivity contribution in [1.82, 2.24) is 0 Å². The first-order valence-electron chi connectivity index (χ1n) is 4.25. The number of hydrogen-bond donors (Lipinski definition) is 1. The molecule has 14 heavy (non-hydrogen) atoms. The highest BCUT2D eigenvalue weighted by molar-refractivity contribution is 5.69. The first-order valence-corrected chi connectivity index (χ1v) is 4.25. The maximum atomic E-state index is 12.9. The van der Waals surface area contributed by atoms with Gasteiger partial charge in [0.05, 0.1) is 12.8 Å². The van der Waals surface area contributed by atoms with Crippen LogP contribution in [0.4, 0.5) is 10.1 Å². The Kier molecular flexibility index (Phi) is 3.45. The number of esters is 1. The molecule has 0 aromatic heterocycles. The minimum absolute atomic E-state index is 0.108. The predicted octanol–water partition coefficient (Wildman–Crippen LogP) is 1.51. The fourth-order valence-electron chi connectivity index (χ4n) is 1.14. The van der Waals surface area contributed by atoms with Gasteiger partial charge in [-0.15, -0.1) is 0 Å². The molecule has 1 aromatic rings. The van der Waals surface area contributed by atoms with Crippen LogP contribution in [0.2, 0.25) is 0 Å². The molecule has 0 aliphatic carbocycles. The quantitative estimate of drug-likeness (QED) is 0.590. The SMILES string of the molecule is COC(=O)CCc1cccc(F)c1N. The standard InChI is InChI=1S/C10H12FNO2/c1-14-9(13)6-5-7-3-2-4-8(11)10(7)12/h2-4H,5-6,12H2,1H3. The van der Waals surface area contributed by atoms with Gasteiger partial charge in [0.1, 0.15) is 5.82 Å². The van der Waals surface area contributed by atoms with Gasteiger partial charge >= 0.3 is 5.97 Å². The Morgan fingerprint density at radius 3 is 2.93 bits per heavy atom. The van der Waals surface area contributed by atoms with Crippen LogP contribution in [0.15, 0.2) is 18.2 Å². The Balaban J connectivity index is 2.68. The van der Waals surface area contributed by atoms with Crippen molar-refractivity contribution >= 4 is 11.7 Å². The molecule has 0 heterocycles. The number of hydrogen-bond acceptors (Lipinski definition) is 3. The van der Waals surface area contributed by atoms with Crippen molar-refractivity contribution in [2.45, 2.75) is 12.8 Å². The van der Waals surface area contributed by atoms with Crippen LogP contribution in [0, 0.1) is 5.82 Å². The van der Waals surface area contributed by atoms with E-state index in [0.717, 1.165) is 0 Å². The zero-order chi connectivity index (χ0) is 10.6. The van der Waals surface area contributed by atoms with Crippen molar-refractivity contribution < 1.29 is 13.9 Å². The fraction of sp³-hybridized carbons (Fsp3) is 0.300. The lowest BCUT2D eigenvalue weighted by Gasteiger charge is -2.04. The van der Waals surface area contributed by atoms with Gasteiger partial charge in [-0.2, -0.15) is 0 Å². The highest BCUT2D eigenvalue weighted by Gasteiger charge is 2.06. The molecular weight excluding hydrogens is 185 g/mol. The van der Waals surface area contributed by atoms with E-state index in [1.165, 1.54) is 13.2 Å². The molecular formula is C10H12FNO2. The van der Waals surface area contributed by atoms with E-state index >= 15 is 0 Å². The summed E-state index contributed by atoms with van der Waals surface area (Å²) in [7, 11) is 1.32. The Labute approximate surface area is 81.7 Å².